The Kier molecular flexibility index (Phi) is 6.20. The molecule has 2 heterocycles. The minimum Gasteiger partial charge on any atom is -0.341 e. The van der Waals surface area contributed by atoms with E-state index in [1.165, 1.54) is 25.7 Å². The van der Waals surface area contributed by atoms with E-state index >= 15 is 0 Å². The molecule has 1 aromatic heterocycles. The van der Waals surface area contributed by atoms with E-state index in [0.717, 1.165) is 18.5 Å². The Morgan fingerprint density at radius 3 is 2.44 bits per heavy atom. The lowest BCUT2D eigenvalue weighted by Gasteiger charge is -2.22. The normalized spacial score (nSPS) is 19.4. The lowest BCUT2D eigenvalue weighted by Crippen LogP contribution is -2.37. The number of pyridine rings is 1. The van der Waals surface area contributed by atoms with Gasteiger partial charge in [0.2, 0.25) is 11.8 Å². The predicted molar refractivity (Wildman–Crippen MR) is 97.6 cm³/mol. The summed E-state index contributed by atoms with van der Waals surface area (Å²) in [6.07, 6.45) is 13.3. The van der Waals surface area contributed by atoms with Crippen LogP contribution >= 0.6 is 0 Å². The Labute approximate surface area is 149 Å². The van der Waals surface area contributed by atoms with E-state index in [-0.39, 0.29) is 11.8 Å². The van der Waals surface area contributed by atoms with Gasteiger partial charge in [-0.25, -0.2) is 0 Å². The van der Waals surface area contributed by atoms with Crippen molar-refractivity contribution in [1.29, 1.82) is 0 Å². The summed E-state index contributed by atoms with van der Waals surface area (Å²) in [5.74, 6) is 0.868. The summed E-state index contributed by atoms with van der Waals surface area (Å²) in [5, 5.41) is 0. The third kappa shape index (κ3) is 5.15. The van der Waals surface area contributed by atoms with Crippen LogP contribution in [0.2, 0.25) is 0 Å². The molecule has 0 atom stereocenters. The number of aromatic nitrogens is 1. The highest BCUT2D eigenvalue weighted by Crippen LogP contribution is 2.28. The molecule has 1 saturated heterocycles. The van der Waals surface area contributed by atoms with Crippen molar-refractivity contribution in [3.8, 4) is 0 Å². The lowest BCUT2D eigenvalue weighted by molar-refractivity contribution is -0.132. The summed E-state index contributed by atoms with van der Waals surface area (Å²) >= 11 is 0. The molecule has 2 amide bonds. The molecule has 134 valence electrons. The van der Waals surface area contributed by atoms with Crippen LogP contribution in [0.4, 0.5) is 0 Å². The van der Waals surface area contributed by atoms with Crippen molar-refractivity contribution < 1.29 is 9.59 Å². The Morgan fingerprint density at radius 1 is 1.00 bits per heavy atom. The molecule has 2 aliphatic rings. The SMILES string of the molecule is O=C(/C=C/c1ccncc1)N1CCCN(C(=O)CC2CCCC2)CC1. The number of rotatable bonds is 4. The number of amides is 2. The summed E-state index contributed by atoms with van der Waals surface area (Å²) in [6, 6.07) is 3.74. The van der Waals surface area contributed by atoms with E-state index in [9.17, 15) is 9.59 Å². The van der Waals surface area contributed by atoms with Crippen molar-refractivity contribution in [2.45, 2.75) is 38.5 Å². The minimum absolute atomic E-state index is 0.0157. The molecule has 0 spiro atoms. The van der Waals surface area contributed by atoms with Crippen LogP contribution in [0.3, 0.4) is 0 Å². The molecule has 1 saturated carbocycles. The van der Waals surface area contributed by atoms with Gasteiger partial charge in [0.15, 0.2) is 0 Å². The molecule has 5 heteroatoms. The molecule has 0 bridgehead atoms. The number of hydrogen-bond acceptors (Lipinski definition) is 3. The van der Waals surface area contributed by atoms with Gasteiger partial charge in [0, 0.05) is 51.1 Å². The first-order valence-electron chi connectivity index (χ1n) is 9.37. The van der Waals surface area contributed by atoms with Crippen molar-refractivity contribution in [2.75, 3.05) is 26.2 Å². The average molecular weight is 341 g/mol. The fourth-order valence-corrected chi connectivity index (χ4v) is 3.73. The molecule has 1 aliphatic carbocycles. The van der Waals surface area contributed by atoms with E-state index in [0.29, 0.717) is 32.0 Å². The quantitative estimate of drug-likeness (QED) is 0.791. The van der Waals surface area contributed by atoms with Crippen molar-refractivity contribution in [1.82, 2.24) is 14.8 Å². The standard InChI is InChI=1S/C20H27N3O2/c24-19(7-6-17-8-10-21-11-9-17)22-12-3-13-23(15-14-22)20(25)16-18-4-1-2-5-18/h6-11,18H,1-5,12-16H2/b7-6+. The Bertz CT molecular complexity index is 609. The largest absolute Gasteiger partial charge is 0.341 e. The van der Waals surface area contributed by atoms with E-state index in [2.05, 4.69) is 4.98 Å². The van der Waals surface area contributed by atoms with E-state index in [1.807, 2.05) is 28.0 Å². The van der Waals surface area contributed by atoms with Crippen molar-refractivity contribution in [2.24, 2.45) is 5.92 Å². The lowest BCUT2D eigenvalue weighted by atomic mass is 10.0. The molecule has 0 radical (unpaired) electrons. The second-order valence-electron chi connectivity index (χ2n) is 7.03. The van der Waals surface area contributed by atoms with Crippen molar-refractivity contribution in [3.63, 3.8) is 0 Å². The maximum Gasteiger partial charge on any atom is 0.246 e. The van der Waals surface area contributed by atoms with Gasteiger partial charge in [-0.05, 0) is 49.0 Å². The topological polar surface area (TPSA) is 53.5 Å². The average Bonchev–Trinajstić information content (AvgIpc) is 3.01. The van der Waals surface area contributed by atoms with Gasteiger partial charge < -0.3 is 9.80 Å². The zero-order valence-corrected chi connectivity index (χ0v) is 14.8. The van der Waals surface area contributed by atoms with Gasteiger partial charge in [-0.2, -0.15) is 0 Å². The van der Waals surface area contributed by atoms with Gasteiger partial charge in [0.25, 0.3) is 0 Å². The Hall–Kier alpha value is -2.17. The van der Waals surface area contributed by atoms with Gasteiger partial charge in [-0.3, -0.25) is 14.6 Å². The van der Waals surface area contributed by atoms with Crippen molar-refractivity contribution in [3.05, 3.63) is 36.2 Å². The highest BCUT2D eigenvalue weighted by molar-refractivity contribution is 5.91. The maximum absolute atomic E-state index is 12.5. The fraction of sp³-hybridized carbons (Fsp3) is 0.550. The second-order valence-corrected chi connectivity index (χ2v) is 7.03. The van der Waals surface area contributed by atoms with Gasteiger partial charge >= 0.3 is 0 Å². The summed E-state index contributed by atoms with van der Waals surface area (Å²) < 4.78 is 0. The first kappa shape index (κ1) is 17.6. The smallest absolute Gasteiger partial charge is 0.246 e. The van der Waals surface area contributed by atoms with Gasteiger partial charge in [0.1, 0.15) is 0 Å². The minimum atomic E-state index is 0.0157. The van der Waals surface area contributed by atoms with E-state index in [1.54, 1.807) is 18.5 Å². The highest BCUT2D eigenvalue weighted by Gasteiger charge is 2.24. The van der Waals surface area contributed by atoms with E-state index < -0.39 is 0 Å². The second kappa shape index (κ2) is 8.79. The van der Waals surface area contributed by atoms with Crippen LogP contribution < -0.4 is 0 Å². The molecule has 3 rings (SSSR count). The van der Waals surface area contributed by atoms with Gasteiger partial charge in [-0.1, -0.05) is 12.8 Å². The predicted octanol–water partition coefficient (Wildman–Crippen LogP) is 2.74. The fourth-order valence-electron chi connectivity index (χ4n) is 3.73. The summed E-state index contributed by atoms with van der Waals surface area (Å²) in [5.41, 5.74) is 0.964. The monoisotopic (exact) mass is 341 g/mol. The van der Waals surface area contributed by atoms with Gasteiger partial charge in [-0.15, -0.1) is 0 Å². The zero-order valence-electron chi connectivity index (χ0n) is 14.8. The van der Waals surface area contributed by atoms with Crippen LogP contribution in [0.15, 0.2) is 30.6 Å². The molecule has 0 unspecified atom stereocenters. The van der Waals surface area contributed by atoms with Crippen LogP contribution in [0.5, 0.6) is 0 Å². The molecular weight excluding hydrogens is 314 g/mol. The van der Waals surface area contributed by atoms with E-state index in [4.69, 9.17) is 0 Å². The molecule has 1 aromatic rings. The number of hydrogen-bond donors (Lipinski definition) is 0. The van der Waals surface area contributed by atoms with Crippen LogP contribution in [-0.2, 0) is 9.59 Å². The maximum atomic E-state index is 12.5. The summed E-state index contributed by atoms with van der Waals surface area (Å²) in [6.45, 7) is 2.76. The zero-order chi connectivity index (χ0) is 17.5. The van der Waals surface area contributed by atoms with Gasteiger partial charge in [0.05, 0.1) is 0 Å². The molecule has 5 nitrogen and oxygen atoms in total. The number of carbonyl (C=O) groups excluding carboxylic acids is 2. The summed E-state index contributed by atoms with van der Waals surface area (Å²) in [7, 11) is 0. The third-order valence-electron chi connectivity index (χ3n) is 5.22. The number of carbonyl (C=O) groups is 2. The number of nitrogens with zero attached hydrogens (tertiary/aromatic N) is 3. The molecular formula is C20H27N3O2. The van der Waals surface area contributed by atoms with Crippen LogP contribution in [0.25, 0.3) is 6.08 Å². The van der Waals surface area contributed by atoms with Crippen molar-refractivity contribution >= 4 is 17.9 Å². The molecule has 25 heavy (non-hydrogen) atoms. The first-order chi connectivity index (χ1) is 12.2. The summed E-state index contributed by atoms with van der Waals surface area (Å²) in [4.78, 5) is 32.7. The third-order valence-corrected chi connectivity index (χ3v) is 5.22. The Morgan fingerprint density at radius 2 is 1.68 bits per heavy atom. The molecule has 1 aliphatic heterocycles. The molecule has 0 aromatic carbocycles. The highest BCUT2D eigenvalue weighted by atomic mass is 16.2. The van der Waals surface area contributed by atoms with Crippen LogP contribution in [-0.4, -0.2) is 52.8 Å². The van der Waals surface area contributed by atoms with Crippen LogP contribution in [0, 0.1) is 5.92 Å². The Balaban J connectivity index is 1.49. The molecule has 0 N–H and O–H groups in total. The molecule has 2 fully saturated rings. The first-order valence-corrected chi connectivity index (χ1v) is 9.37. The van der Waals surface area contributed by atoms with Crippen LogP contribution in [0.1, 0.15) is 44.1 Å².